The van der Waals surface area contributed by atoms with Crippen LogP contribution in [0.1, 0.15) is 31.1 Å². The van der Waals surface area contributed by atoms with Crippen molar-refractivity contribution < 1.29 is 0 Å². The van der Waals surface area contributed by atoms with Crippen LogP contribution in [0.3, 0.4) is 0 Å². The Morgan fingerprint density at radius 3 is 3.24 bits per heavy atom. The molecular weight excluding hydrogens is 280 g/mol. The van der Waals surface area contributed by atoms with Crippen LogP contribution >= 0.6 is 11.3 Å². The molecule has 1 fully saturated rings. The summed E-state index contributed by atoms with van der Waals surface area (Å²) in [6.45, 7) is 7.68. The molecule has 1 aromatic heterocycles. The van der Waals surface area contributed by atoms with Crippen LogP contribution in [-0.2, 0) is 6.42 Å². The fraction of sp³-hybridized carbons (Fsp3) is 0.688. The Kier molecular flexibility index (Phi) is 7.03. The maximum absolute atomic E-state index is 5.88. The zero-order valence-electron chi connectivity index (χ0n) is 13.1. The molecule has 0 spiro atoms. The van der Waals surface area contributed by atoms with Gasteiger partial charge in [0.15, 0.2) is 5.96 Å². The average Bonchev–Trinajstić information content (AvgIpc) is 2.97. The highest BCUT2D eigenvalue weighted by Gasteiger charge is 2.15. The maximum Gasteiger partial charge on any atom is 0.188 e. The summed E-state index contributed by atoms with van der Waals surface area (Å²) in [6.07, 6.45) is 4.84. The number of aliphatic imine (C=N–C) groups is 1. The van der Waals surface area contributed by atoms with Crippen molar-refractivity contribution in [3.8, 4) is 0 Å². The first-order valence-electron chi connectivity index (χ1n) is 8.02. The second-order valence-corrected chi connectivity index (χ2v) is 6.96. The summed E-state index contributed by atoms with van der Waals surface area (Å²) >= 11 is 1.79. The molecule has 1 saturated heterocycles. The first-order chi connectivity index (χ1) is 10.2. The number of nitrogens with two attached hydrogens (primary N) is 1. The van der Waals surface area contributed by atoms with Gasteiger partial charge in [-0.15, -0.1) is 11.3 Å². The van der Waals surface area contributed by atoms with Crippen molar-refractivity contribution in [3.05, 3.63) is 22.4 Å². The van der Waals surface area contributed by atoms with E-state index < -0.39 is 0 Å². The summed E-state index contributed by atoms with van der Waals surface area (Å²) in [5.41, 5.74) is 5.88. The van der Waals surface area contributed by atoms with Gasteiger partial charge in [0.1, 0.15) is 0 Å². The highest BCUT2D eigenvalue weighted by Crippen LogP contribution is 2.15. The van der Waals surface area contributed by atoms with E-state index in [1.165, 1.54) is 30.8 Å². The summed E-state index contributed by atoms with van der Waals surface area (Å²) in [7, 11) is 0. The van der Waals surface area contributed by atoms with Crippen molar-refractivity contribution >= 4 is 17.3 Å². The van der Waals surface area contributed by atoms with Gasteiger partial charge in [-0.25, -0.2) is 0 Å². The number of likely N-dealkylation sites (tertiary alicyclic amines) is 1. The number of piperidine rings is 1. The van der Waals surface area contributed by atoms with Crippen LogP contribution in [-0.4, -0.2) is 43.6 Å². The summed E-state index contributed by atoms with van der Waals surface area (Å²) in [5.74, 6) is 1.44. The molecule has 4 nitrogen and oxygen atoms in total. The van der Waals surface area contributed by atoms with Gasteiger partial charge in [-0.2, -0.15) is 0 Å². The Labute approximate surface area is 132 Å². The summed E-state index contributed by atoms with van der Waals surface area (Å²) in [5, 5.41) is 5.29. The molecule has 0 bridgehead atoms. The van der Waals surface area contributed by atoms with Gasteiger partial charge in [0, 0.05) is 24.5 Å². The smallest absolute Gasteiger partial charge is 0.188 e. The van der Waals surface area contributed by atoms with Crippen molar-refractivity contribution in [3.63, 3.8) is 0 Å². The predicted octanol–water partition coefficient (Wildman–Crippen LogP) is 2.32. The second-order valence-electron chi connectivity index (χ2n) is 5.92. The lowest BCUT2D eigenvalue weighted by atomic mass is 10.0. The van der Waals surface area contributed by atoms with Gasteiger partial charge in [-0.3, -0.25) is 4.99 Å². The SMILES string of the molecule is CC1CCCN(CCCN=C(N)NCCc2cccs2)C1. The number of nitrogens with one attached hydrogen (secondary N) is 1. The zero-order valence-corrected chi connectivity index (χ0v) is 13.9. The number of rotatable bonds is 7. The number of hydrogen-bond acceptors (Lipinski definition) is 3. The molecule has 1 aromatic rings. The topological polar surface area (TPSA) is 53.6 Å². The lowest BCUT2D eigenvalue weighted by Gasteiger charge is -2.30. The van der Waals surface area contributed by atoms with Crippen molar-refractivity contribution in [1.29, 1.82) is 0 Å². The van der Waals surface area contributed by atoms with E-state index in [1.807, 2.05) is 0 Å². The van der Waals surface area contributed by atoms with E-state index in [1.54, 1.807) is 11.3 Å². The van der Waals surface area contributed by atoms with E-state index in [9.17, 15) is 0 Å². The molecule has 3 N–H and O–H groups in total. The highest BCUT2D eigenvalue weighted by atomic mass is 32.1. The Hall–Kier alpha value is -1.07. The molecule has 0 amide bonds. The van der Waals surface area contributed by atoms with Gasteiger partial charge in [-0.05, 0) is 56.1 Å². The lowest BCUT2D eigenvalue weighted by Crippen LogP contribution is -2.35. The van der Waals surface area contributed by atoms with Crippen LogP contribution in [0.5, 0.6) is 0 Å². The van der Waals surface area contributed by atoms with Gasteiger partial charge in [0.05, 0.1) is 0 Å². The molecule has 1 aliphatic heterocycles. The normalized spacial score (nSPS) is 20.6. The van der Waals surface area contributed by atoms with Crippen molar-refractivity contribution in [1.82, 2.24) is 10.2 Å². The second kappa shape index (κ2) is 9.05. The largest absolute Gasteiger partial charge is 0.370 e. The number of hydrogen-bond donors (Lipinski definition) is 2. The fourth-order valence-electron chi connectivity index (χ4n) is 2.81. The zero-order chi connectivity index (χ0) is 14.9. The van der Waals surface area contributed by atoms with Crippen LogP contribution in [0.2, 0.25) is 0 Å². The molecule has 0 aliphatic carbocycles. The molecule has 0 radical (unpaired) electrons. The molecule has 118 valence electrons. The van der Waals surface area contributed by atoms with Crippen LogP contribution < -0.4 is 11.1 Å². The standard InChI is InChI=1S/C16H28N4S/c1-14-5-2-10-20(13-14)11-4-8-18-16(17)19-9-7-15-6-3-12-21-15/h3,6,12,14H,2,4-5,7-11,13H2,1H3,(H3,17,18,19). The molecule has 0 saturated carbocycles. The van der Waals surface area contributed by atoms with Crippen LogP contribution in [0.4, 0.5) is 0 Å². The number of thiophene rings is 1. The maximum atomic E-state index is 5.88. The number of nitrogens with zero attached hydrogens (tertiary/aromatic N) is 2. The molecule has 2 heterocycles. The minimum atomic E-state index is 0.582. The third-order valence-electron chi connectivity index (χ3n) is 3.91. The monoisotopic (exact) mass is 308 g/mol. The van der Waals surface area contributed by atoms with Gasteiger partial charge in [0.2, 0.25) is 0 Å². The van der Waals surface area contributed by atoms with Crippen LogP contribution in [0, 0.1) is 5.92 Å². The van der Waals surface area contributed by atoms with Gasteiger partial charge < -0.3 is 16.0 Å². The summed E-state index contributed by atoms with van der Waals surface area (Å²) in [4.78, 5) is 8.35. The minimum Gasteiger partial charge on any atom is -0.370 e. The van der Waals surface area contributed by atoms with Crippen molar-refractivity contribution in [2.45, 2.75) is 32.6 Å². The molecular formula is C16H28N4S. The minimum absolute atomic E-state index is 0.582. The molecule has 1 atom stereocenters. The highest BCUT2D eigenvalue weighted by molar-refractivity contribution is 7.09. The molecule has 1 unspecified atom stereocenters. The van der Waals surface area contributed by atoms with Crippen molar-refractivity contribution in [2.75, 3.05) is 32.7 Å². The Morgan fingerprint density at radius 2 is 2.48 bits per heavy atom. The average molecular weight is 308 g/mol. The summed E-state index contributed by atoms with van der Waals surface area (Å²) in [6, 6.07) is 4.23. The Bertz CT molecular complexity index is 416. The van der Waals surface area contributed by atoms with Gasteiger partial charge in [0.25, 0.3) is 0 Å². The van der Waals surface area contributed by atoms with E-state index in [0.29, 0.717) is 5.96 Å². The third kappa shape index (κ3) is 6.48. The molecule has 1 aliphatic rings. The first kappa shape index (κ1) is 16.3. The predicted molar refractivity (Wildman–Crippen MR) is 92.0 cm³/mol. The molecule has 0 aromatic carbocycles. The molecule has 5 heteroatoms. The lowest BCUT2D eigenvalue weighted by molar-refractivity contribution is 0.183. The van der Waals surface area contributed by atoms with E-state index in [4.69, 9.17) is 5.73 Å². The van der Waals surface area contributed by atoms with E-state index in [2.05, 4.69) is 39.6 Å². The Balaban J connectivity index is 1.53. The summed E-state index contributed by atoms with van der Waals surface area (Å²) < 4.78 is 0. The molecule has 2 rings (SSSR count). The van der Waals surface area contributed by atoms with Crippen LogP contribution in [0.15, 0.2) is 22.5 Å². The first-order valence-corrected chi connectivity index (χ1v) is 8.90. The molecule has 21 heavy (non-hydrogen) atoms. The van der Waals surface area contributed by atoms with Gasteiger partial charge >= 0.3 is 0 Å². The quantitative estimate of drug-likeness (QED) is 0.462. The fourth-order valence-corrected chi connectivity index (χ4v) is 3.52. The van der Waals surface area contributed by atoms with E-state index >= 15 is 0 Å². The number of guanidine groups is 1. The Morgan fingerprint density at radius 1 is 1.57 bits per heavy atom. The van der Waals surface area contributed by atoms with Crippen LogP contribution in [0.25, 0.3) is 0 Å². The van der Waals surface area contributed by atoms with Gasteiger partial charge in [-0.1, -0.05) is 13.0 Å². The van der Waals surface area contributed by atoms with E-state index in [-0.39, 0.29) is 0 Å². The van der Waals surface area contributed by atoms with Crippen molar-refractivity contribution in [2.24, 2.45) is 16.6 Å². The third-order valence-corrected chi connectivity index (χ3v) is 4.85. The van der Waals surface area contributed by atoms with E-state index in [0.717, 1.165) is 38.4 Å².